The molecular formula is C23H31N5O4. The van der Waals surface area contributed by atoms with Gasteiger partial charge in [-0.25, -0.2) is 9.97 Å². The number of carbonyl (C=O) groups is 2. The van der Waals surface area contributed by atoms with Gasteiger partial charge in [-0.05, 0) is 46.0 Å². The van der Waals surface area contributed by atoms with Gasteiger partial charge in [-0.1, -0.05) is 5.16 Å². The normalized spacial score (nSPS) is 19.3. The average Bonchev–Trinajstić information content (AvgIpc) is 3.19. The third kappa shape index (κ3) is 4.53. The van der Waals surface area contributed by atoms with Gasteiger partial charge in [-0.2, -0.15) is 0 Å². The minimum atomic E-state index is -0.160. The van der Waals surface area contributed by atoms with E-state index in [-0.39, 0.29) is 24.3 Å². The van der Waals surface area contributed by atoms with Gasteiger partial charge in [0.05, 0.1) is 23.4 Å². The Hall–Kier alpha value is -2.81. The van der Waals surface area contributed by atoms with E-state index in [4.69, 9.17) is 9.26 Å². The Morgan fingerprint density at radius 2 is 1.84 bits per heavy atom. The Morgan fingerprint density at radius 1 is 1.09 bits per heavy atom. The quantitative estimate of drug-likeness (QED) is 0.703. The molecule has 0 unspecified atom stereocenters. The maximum absolute atomic E-state index is 13.1. The van der Waals surface area contributed by atoms with Crippen molar-refractivity contribution in [2.75, 3.05) is 33.3 Å². The molecule has 2 fully saturated rings. The molecule has 9 nitrogen and oxygen atoms in total. The lowest BCUT2D eigenvalue weighted by molar-refractivity contribution is 0.0689. The molecule has 0 radical (unpaired) electrons. The number of hydrogen-bond acceptors (Lipinski definition) is 7. The molecule has 32 heavy (non-hydrogen) atoms. The van der Waals surface area contributed by atoms with Gasteiger partial charge in [0.15, 0.2) is 5.69 Å². The van der Waals surface area contributed by atoms with Crippen LogP contribution in [-0.2, 0) is 11.3 Å². The second-order valence-corrected chi connectivity index (χ2v) is 8.67. The number of piperidine rings is 2. The third-order valence-electron chi connectivity index (χ3n) is 6.42. The number of methoxy groups -OCH3 is 1. The topological polar surface area (TPSA) is 102 Å². The summed E-state index contributed by atoms with van der Waals surface area (Å²) < 4.78 is 10.4. The van der Waals surface area contributed by atoms with E-state index in [9.17, 15) is 9.59 Å². The molecule has 0 spiro atoms. The highest BCUT2D eigenvalue weighted by atomic mass is 16.5. The number of aromatic nitrogens is 3. The predicted molar refractivity (Wildman–Crippen MR) is 116 cm³/mol. The van der Waals surface area contributed by atoms with Crippen molar-refractivity contribution in [1.29, 1.82) is 0 Å². The molecule has 0 bridgehead atoms. The molecule has 1 atom stereocenters. The fourth-order valence-electron chi connectivity index (χ4n) is 4.55. The maximum Gasteiger partial charge on any atom is 0.276 e. The van der Waals surface area contributed by atoms with Crippen molar-refractivity contribution in [2.24, 2.45) is 0 Å². The van der Waals surface area contributed by atoms with Crippen LogP contribution in [0, 0.1) is 13.8 Å². The van der Waals surface area contributed by atoms with Gasteiger partial charge in [0.1, 0.15) is 11.6 Å². The number of hydrogen-bond donors (Lipinski definition) is 0. The zero-order valence-corrected chi connectivity index (χ0v) is 19.1. The summed E-state index contributed by atoms with van der Waals surface area (Å²) in [5.41, 5.74) is 2.27. The molecule has 172 valence electrons. The second-order valence-electron chi connectivity index (χ2n) is 8.67. The van der Waals surface area contributed by atoms with Crippen molar-refractivity contribution in [3.63, 3.8) is 0 Å². The van der Waals surface area contributed by atoms with Crippen LogP contribution in [0.15, 0.2) is 10.7 Å². The van der Waals surface area contributed by atoms with Gasteiger partial charge in [0.25, 0.3) is 11.8 Å². The molecule has 0 aliphatic carbocycles. The standard InChI is InChI=1S/C23H31N5O4/c1-15-18(22(29)27-9-5-4-6-10-27)12-24-21(25-15)17-8-7-11-28(13-17)23(30)20-19(14-31-3)16(2)32-26-20/h12,17H,4-11,13-14H2,1-3H3/t17-/m0/s1. The molecular weight excluding hydrogens is 410 g/mol. The number of aryl methyl sites for hydroxylation is 2. The Morgan fingerprint density at radius 3 is 2.56 bits per heavy atom. The summed E-state index contributed by atoms with van der Waals surface area (Å²) in [6.07, 6.45) is 6.68. The van der Waals surface area contributed by atoms with Crippen molar-refractivity contribution in [3.05, 3.63) is 40.3 Å². The minimum absolute atomic E-state index is 0.0151. The van der Waals surface area contributed by atoms with E-state index in [2.05, 4.69) is 15.1 Å². The summed E-state index contributed by atoms with van der Waals surface area (Å²) in [5, 5.41) is 3.98. The lowest BCUT2D eigenvalue weighted by atomic mass is 9.96. The van der Waals surface area contributed by atoms with Crippen LogP contribution in [0.25, 0.3) is 0 Å². The first kappa shape index (κ1) is 22.4. The van der Waals surface area contributed by atoms with Crippen molar-refractivity contribution >= 4 is 11.8 Å². The van der Waals surface area contributed by atoms with Crippen LogP contribution in [0.5, 0.6) is 0 Å². The molecule has 2 saturated heterocycles. The average molecular weight is 442 g/mol. The number of amides is 2. The van der Waals surface area contributed by atoms with E-state index in [1.54, 1.807) is 25.1 Å². The number of rotatable bonds is 5. The van der Waals surface area contributed by atoms with Crippen molar-refractivity contribution in [1.82, 2.24) is 24.9 Å². The lowest BCUT2D eigenvalue weighted by Gasteiger charge is -2.32. The Kier molecular flexibility index (Phi) is 6.83. The van der Waals surface area contributed by atoms with Gasteiger partial charge in [-0.3, -0.25) is 9.59 Å². The van der Waals surface area contributed by atoms with Crippen LogP contribution < -0.4 is 0 Å². The molecule has 0 aromatic carbocycles. The van der Waals surface area contributed by atoms with Crippen molar-refractivity contribution in [2.45, 2.75) is 58.5 Å². The highest BCUT2D eigenvalue weighted by molar-refractivity contribution is 5.95. The van der Waals surface area contributed by atoms with Gasteiger partial charge in [-0.15, -0.1) is 0 Å². The molecule has 2 amide bonds. The van der Waals surface area contributed by atoms with Crippen LogP contribution in [0.1, 0.15) is 81.7 Å². The van der Waals surface area contributed by atoms with Crippen molar-refractivity contribution in [3.8, 4) is 0 Å². The summed E-state index contributed by atoms with van der Waals surface area (Å²) in [6, 6.07) is 0. The van der Waals surface area contributed by atoms with Crippen molar-refractivity contribution < 1.29 is 18.8 Å². The zero-order valence-electron chi connectivity index (χ0n) is 19.1. The lowest BCUT2D eigenvalue weighted by Crippen LogP contribution is -2.40. The highest BCUT2D eigenvalue weighted by Crippen LogP contribution is 2.27. The fourth-order valence-corrected chi connectivity index (χ4v) is 4.55. The molecule has 9 heteroatoms. The van der Waals surface area contributed by atoms with Crippen LogP contribution in [0.3, 0.4) is 0 Å². The molecule has 0 saturated carbocycles. The molecule has 2 aliphatic rings. The first-order valence-electron chi connectivity index (χ1n) is 11.4. The van der Waals surface area contributed by atoms with Gasteiger partial charge in [0, 0.05) is 45.4 Å². The van der Waals surface area contributed by atoms with Crippen LogP contribution >= 0.6 is 0 Å². The largest absolute Gasteiger partial charge is 0.380 e. The molecule has 2 aliphatic heterocycles. The molecule has 0 N–H and O–H groups in total. The first-order chi connectivity index (χ1) is 15.5. The zero-order chi connectivity index (χ0) is 22.7. The number of nitrogens with zero attached hydrogens (tertiary/aromatic N) is 5. The Labute approximate surface area is 188 Å². The van der Waals surface area contributed by atoms with Gasteiger partial charge >= 0.3 is 0 Å². The molecule has 2 aromatic rings. The monoisotopic (exact) mass is 441 g/mol. The molecule has 4 heterocycles. The van der Waals surface area contributed by atoms with Crippen LogP contribution in [0.2, 0.25) is 0 Å². The summed E-state index contributed by atoms with van der Waals surface area (Å²) in [4.78, 5) is 38.9. The van der Waals surface area contributed by atoms with E-state index in [1.807, 2.05) is 11.8 Å². The van der Waals surface area contributed by atoms with E-state index in [1.165, 1.54) is 6.42 Å². The van der Waals surface area contributed by atoms with E-state index in [0.29, 0.717) is 47.2 Å². The summed E-state index contributed by atoms with van der Waals surface area (Å²) in [7, 11) is 1.58. The molecule has 4 rings (SSSR count). The van der Waals surface area contributed by atoms with Crippen LogP contribution in [-0.4, -0.2) is 70.0 Å². The first-order valence-corrected chi connectivity index (χ1v) is 11.4. The van der Waals surface area contributed by atoms with E-state index in [0.717, 1.165) is 38.8 Å². The minimum Gasteiger partial charge on any atom is -0.380 e. The number of likely N-dealkylation sites (tertiary alicyclic amines) is 2. The molecule has 2 aromatic heterocycles. The Balaban J connectivity index is 1.48. The summed E-state index contributed by atoms with van der Waals surface area (Å²) >= 11 is 0. The van der Waals surface area contributed by atoms with Gasteiger partial charge in [0.2, 0.25) is 0 Å². The second kappa shape index (κ2) is 9.77. The number of ether oxygens (including phenoxy) is 1. The van der Waals surface area contributed by atoms with Crippen LogP contribution in [0.4, 0.5) is 0 Å². The Bertz CT molecular complexity index is 983. The fraction of sp³-hybridized carbons (Fsp3) is 0.609. The van der Waals surface area contributed by atoms with E-state index < -0.39 is 0 Å². The smallest absolute Gasteiger partial charge is 0.276 e. The third-order valence-corrected chi connectivity index (χ3v) is 6.42. The van der Waals surface area contributed by atoms with Gasteiger partial charge < -0.3 is 19.1 Å². The highest BCUT2D eigenvalue weighted by Gasteiger charge is 2.31. The van der Waals surface area contributed by atoms with E-state index >= 15 is 0 Å². The predicted octanol–water partition coefficient (Wildman–Crippen LogP) is 2.87. The number of carbonyl (C=O) groups excluding carboxylic acids is 2. The maximum atomic E-state index is 13.1. The summed E-state index contributed by atoms with van der Waals surface area (Å²) in [6.45, 7) is 6.68. The SMILES string of the molecule is COCc1c(C(=O)N2CCC[C@H](c3ncc(C(=O)N4CCCCC4)c(C)n3)C2)noc1C. The summed E-state index contributed by atoms with van der Waals surface area (Å²) in [5.74, 6) is 1.15.